The molecule has 0 N–H and O–H groups in total. The summed E-state index contributed by atoms with van der Waals surface area (Å²) in [5, 5.41) is 12.7. The van der Waals surface area contributed by atoms with Gasteiger partial charge in [0.25, 0.3) is 10.0 Å². The lowest BCUT2D eigenvalue weighted by Gasteiger charge is -2.14. The van der Waals surface area contributed by atoms with Crippen molar-refractivity contribution in [2.45, 2.75) is 4.90 Å². The smallest absolute Gasteiger partial charge is 0.281 e. The molecule has 0 unspecified atom stereocenters. The SMILES string of the molecule is O=S(=O)(/N=C(\[O-])c1cc(I)cc(I)c1I)c1ccc(Cl)cc1. The third-order valence-electron chi connectivity index (χ3n) is 2.54. The molecule has 22 heavy (non-hydrogen) atoms. The van der Waals surface area contributed by atoms with Gasteiger partial charge in [-0.2, -0.15) is 12.8 Å². The zero-order valence-corrected chi connectivity index (χ0v) is 18.6. The molecule has 0 aliphatic carbocycles. The minimum atomic E-state index is -4.06. The van der Waals surface area contributed by atoms with Gasteiger partial charge in [-0.05, 0) is 104 Å². The van der Waals surface area contributed by atoms with Gasteiger partial charge in [-0.3, -0.25) is 0 Å². The van der Waals surface area contributed by atoms with Crippen LogP contribution in [0.2, 0.25) is 5.02 Å². The van der Waals surface area contributed by atoms with Crippen LogP contribution in [0.25, 0.3) is 0 Å². The standard InChI is InChI=1S/C13H7ClI3NO3S/c14-7-1-3-9(4-2-7)22(20,21)18-13(19)10-5-8(15)6-11(16)12(10)17/h1-6H,(H,18,19)/p-1. The summed E-state index contributed by atoms with van der Waals surface area (Å²) < 4.78 is 30.1. The van der Waals surface area contributed by atoms with E-state index in [0.717, 1.165) is 7.14 Å². The number of rotatable bonds is 3. The summed E-state index contributed by atoms with van der Waals surface area (Å²) >= 11 is 11.9. The van der Waals surface area contributed by atoms with Crippen LogP contribution in [0.1, 0.15) is 5.56 Å². The van der Waals surface area contributed by atoms with Crippen molar-refractivity contribution in [3.63, 3.8) is 0 Å². The van der Waals surface area contributed by atoms with Crippen molar-refractivity contribution in [2.75, 3.05) is 0 Å². The average molecular weight is 672 g/mol. The minimum absolute atomic E-state index is 0.0689. The summed E-state index contributed by atoms with van der Waals surface area (Å²) in [5.74, 6) is -0.782. The van der Waals surface area contributed by atoms with Crippen molar-refractivity contribution in [1.29, 1.82) is 0 Å². The second-order valence-corrected chi connectivity index (χ2v) is 9.60. The summed E-state index contributed by atoms with van der Waals surface area (Å²) in [5.41, 5.74) is 0.273. The second kappa shape index (κ2) is 7.49. The molecule has 4 nitrogen and oxygen atoms in total. The van der Waals surface area contributed by atoms with E-state index in [1.807, 2.05) is 28.7 Å². The molecule has 0 aromatic heterocycles. The van der Waals surface area contributed by atoms with Crippen LogP contribution < -0.4 is 5.11 Å². The van der Waals surface area contributed by atoms with Crippen LogP contribution in [0.4, 0.5) is 0 Å². The third kappa shape index (κ3) is 4.45. The van der Waals surface area contributed by atoms with Crippen LogP contribution in [0.5, 0.6) is 0 Å². The zero-order valence-electron chi connectivity index (χ0n) is 10.6. The molecule has 0 saturated heterocycles. The van der Waals surface area contributed by atoms with Gasteiger partial charge in [-0.25, -0.2) is 0 Å². The van der Waals surface area contributed by atoms with Gasteiger partial charge < -0.3 is 5.11 Å². The number of sulfonamides is 1. The van der Waals surface area contributed by atoms with Crippen LogP contribution in [0, 0.1) is 10.7 Å². The minimum Gasteiger partial charge on any atom is -0.858 e. The normalized spacial score (nSPS) is 12.5. The second-order valence-electron chi connectivity index (χ2n) is 4.07. The Morgan fingerprint density at radius 3 is 2.27 bits per heavy atom. The van der Waals surface area contributed by atoms with Crippen molar-refractivity contribution >= 4 is 95.3 Å². The highest BCUT2D eigenvalue weighted by atomic mass is 127. The zero-order chi connectivity index (χ0) is 16.5. The lowest BCUT2D eigenvalue weighted by molar-refractivity contribution is -0.212. The summed E-state index contributed by atoms with van der Waals surface area (Å²) in [7, 11) is -4.06. The monoisotopic (exact) mass is 672 g/mol. The van der Waals surface area contributed by atoms with Gasteiger partial charge in [-0.1, -0.05) is 11.6 Å². The number of hydrogen-bond donors (Lipinski definition) is 0. The summed E-state index contributed by atoms with van der Waals surface area (Å²) in [6.07, 6.45) is 0. The first-order valence-corrected chi connectivity index (χ1v) is 10.7. The van der Waals surface area contributed by atoms with E-state index < -0.39 is 15.9 Å². The molecule has 0 heterocycles. The summed E-state index contributed by atoms with van der Waals surface area (Å²) in [4.78, 5) is -0.0689. The van der Waals surface area contributed by atoms with E-state index in [1.165, 1.54) is 24.3 Å². The van der Waals surface area contributed by atoms with Gasteiger partial charge in [0.05, 0.1) is 4.90 Å². The van der Waals surface area contributed by atoms with Crippen LogP contribution in [0.3, 0.4) is 0 Å². The van der Waals surface area contributed by atoms with Gasteiger partial charge in [0, 0.05) is 27.2 Å². The molecule has 9 heteroatoms. The predicted octanol–water partition coefficient (Wildman–Crippen LogP) is 3.65. The Morgan fingerprint density at radius 2 is 1.68 bits per heavy atom. The van der Waals surface area contributed by atoms with Gasteiger partial charge in [0.2, 0.25) is 0 Å². The summed E-state index contributed by atoms with van der Waals surface area (Å²) in [6, 6.07) is 9.02. The quantitative estimate of drug-likeness (QED) is 0.217. The van der Waals surface area contributed by atoms with Crippen molar-refractivity contribution < 1.29 is 13.5 Å². The van der Waals surface area contributed by atoms with E-state index in [1.54, 1.807) is 6.07 Å². The molecule has 0 amide bonds. The van der Waals surface area contributed by atoms with Crippen LogP contribution in [-0.2, 0) is 10.0 Å². The van der Waals surface area contributed by atoms with Crippen LogP contribution in [-0.4, -0.2) is 14.3 Å². The first-order valence-electron chi connectivity index (χ1n) is 5.63. The Bertz CT molecular complexity index is 852. The lowest BCUT2D eigenvalue weighted by Crippen LogP contribution is -2.22. The Morgan fingerprint density at radius 1 is 1.09 bits per heavy atom. The summed E-state index contributed by atoms with van der Waals surface area (Å²) in [6.45, 7) is 0. The fourth-order valence-corrected chi connectivity index (χ4v) is 4.94. The highest BCUT2D eigenvalue weighted by Gasteiger charge is 2.14. The maximum atomic E-state index is 12.2. The molecule has 0 radical (unpaired) electrons. The largest absolute Gasteiger partial charge is 0.858 e. The molecule has 0 aliphatic rings. The molecule has 2 aromatic carbocycles. The highest BCUT2D eigenvalue weighted by Crippen LogP contribution is 2.23. The highest BCUT2D eigenvalue weighted by molar-refractivity contribution is 14.1. The molecule has 0 atom stereocenters. The average Bonchev–Trinajstić information content (AvgIpc) is 2.42. The Balaban J connectivity index is 2.50. The maximum absolute atomic E-state index is 12.2. The molecular weight excluding hydrogens is 666 g/mol. The van der Waals surface area contributed by atoms with E-state index >= 15 is 0 Å². The lowest BCUT2D eigenvalue weighted by atomic mass is 10.2. The molecule has 2 aromatic rings. The fourth-order valence-electron chi connectivity index (χ4n) is 1.53. The third-order valence-corrected chi connectivity index (χ3v) is 7.73. The Hall–Kier alpha value is 0.340. The van der Waals surface area contributed by atoms with Crippen LogP contribution in [0.15, 0.2) is 45.7 Å². The van der Waals surface area contributed by atoms with Crippen molar-refractivity contribution in [1.82, 2.24) is 0 Å². The van der Waals surface area contributed by atoms with Gasteiger partial charge in [0.15, 0.2) is 0 Å². The fraction of sp³-hybridized carbons (Fsp3) is 0. The molecule has 0 saturated carbocycles. The molecule has 116 valence electrons. The van der Waals surface area contributed by atoms with Gasteiger partial charge in [0.1, 0.15) is 0 Å². The predicted molar refractivity (Wildman–Crippen MR) is 110 cm³/mol. The van der Waals surface area contributed by atoms with Crippen molar-refractivity contribution in [3.05, 3.63) is 57.7 Å². The van der Waals surface area contributed by atoms with E-state index in [-0.39, 0.29) is 10.5 Å². The number of benzene rings is 2. The molecule has 0 bridgehead atoms. The Labute approximate surface area is 173 Å². The van der Waals surface area contributed by atoms with E-state index in [2.05, 4.69) is 49.6 Å². The topological polar surface area (TPSA) is 69.6 Å². The molecule has 0 spiro atoms. The van der Waals surface area contributed by atoms with Crippen molar-refractivity contribution in [3.8, 4) is 0 Å². The number of hydrogen-bond acceptors (Lipinski definition) is 3. The van der Waals surface area contributed by atoms with E-state index in [0.29, 0.717) is 8.59 Å². The Kier molecular flexibility index (Phi) is 6.36. The van der Waals surface area contributed by atoms with Gasteiger partial charge in [-0.15, -0.1) is 0 Å². The molecule has 0 fully saturated rings. The van der Waals surface area contributed by atoms with Gasteiger partial charge >= 0.3 is 0 Å². The number of nitrogens with zero attached hydrogens (tertiary/aromatic N) is 1. The van der Waals surface area contributed by atoms with E-state index in [4.69, 9.17) is 11.6 Å². The molecule has 2 rings (SSSR count). The number of halogens is 4. The van der Waals surface area contributed by atoms with E-state index in [9.17, 15) is 13.5 Å². The first kappa shape index (κ1) is 18.7. The molecule has 0 aliphatic heterocycles. The molecular formula is C13H6ClI3NO3S-. The van der Waals surface area contributed by atoms with Crippen molar-refractivity contribution in [2.24, 2.45) is 4.40 Å². The maximum Gasteiger partial charge on any atom is 0.281 e. The van der Waals surface area contributed by atoms with Crippen LogP contribution >= 0.6 is 79.4 Å². The first-order chi connectivity index (χ1) is 10.2.